The topological polar surface area (TPSA) is 42.6 Å². The minimum Gasteiger partial charge on any atom is -0.464 e. The van der Waals surface area contributed by atoms with Crippen molar-refractivity contribution < 1.29 is 8.81 Å². The average molecular weight is 349 g/mol. The molecule has 0 amide bonds. The van der Waals surface area contributed by atoms with Crippen molar-refractivity contribution in [1.82, 2.24) is 0 Å². The van der Waals surface area contributed by atoms with Gasteiger partial charge >= 0.3 is 0 Å². The van der Waals surface area contributed by atoms with Gasteiger partial charge in [0.05, 0.1) is 22.9 Å². The maximum atomic E-state index is 14.8. The third kappa shape index (κ3) is 2.25. The molecular formula is C22H20FNO2. The van der Waals surface area contributed by atoms with Gasteiger partial charge in [-0.25, -0.2) is 4.39 Å². The summed E-state index contributed by atoms with van der Waals surface area (Å²) in [7, 11) is 0. The van der Waals surface area contributed by atoms with Crippen LogP contribution in [0.15, 0.2) is 62.9 Å². The van der Waals surface area contributed by atoms with E-state index in [4.69, 9.17) is 9.41 Å². The predicted molar refractivity (Wildman–Crippen MR) is 102 cm³/mol. The van der Waals surface area contributed by atoms with E-state index in [1.165, 1.54) is 18.4 Å². The van der Waals surface area contributed by atoms with E-state index in [-0.39, 0.29) is 11.2 Å². The van der Waals surface area contributed by atoms with Crippen LogP contribution < -0.4 is 5.43 Å². The first kappa shape index (κ1) is 16.7. The van der Waals surface area contributed by atoms with Gasteiger partial charge in [-0.3, -0.25) is 9.79 Å². The maximum Gasteiger partial charge on any atom is 0.192 e. The molecule has 0 atom stereocenters. The Morgan fingerprint density at radius 1 is 1.04 bits per heavy atom. The van der Waals surface area contributed by atoms with Crippen LogP contribution in [0.3, 0.4) is 0 Å². The molecule has 0 N–H and O–H groups in total. The Kier molecular flexibility index (Phi) is 3.45. The second-order valence-electron chi connectivity index (χ2n) is 7.80. The first-order chi connectivity index (χ1) is 12.2. The van der Waals surface area contributed by atoms with Gasteiger partial charge in [-0.2, -0.15) is 0 Å². The second kappa shape index (κ2) is 5.37. The van der Waals surface area contributed by atoms with Gasteiger partial charge < -0.3 is 4.42 Å². The van der Waals surface area contributed by atoms with Crippen LogP contribution in [-0.2, 0) is 5.41 Å². The highest BCUT2D eigenvalue weighted by molar-refractivity contribution is 6.16. The van der Waals surface area contributed by atoms with Crippen molar-refractivity contribution in [2.45, 2.75) is 38.6 Å². The van der Waals surface area contributed by atoms with Gasteiger partial charge in [0.25, 0.3) is 0 Å². The Morgan fingerprint density at radius 3 is 2.58 bits per heavy atom. The van der Waals surface area contributed by atoms with Crippen LogP contribution in [0.5, 0.6) is 0 Å². The molecule has 3 aromatic rings. The van der Waals surface area contributed by atoms with Gasteiger partial charge in [0.2, 0.25) is 0 Å². The third-order valence-corrected chi connectivity index (χ3v) is 5.75. The Balaban J connectivity index is 2.03. The molecule has 1 aliphatic heterocycles. The van der Waals surface area contributed by atoms with Crippen molar-refractivity contribution in [3.63, 3.8) is 0 Å². The molecule has 26 heavy (non-hydrogen) atoms. The Bertz CT molecular complexity index is 1120. The zero-order valence-corrected chi connectivity index (χ0v) is 15.3. The molecular weight excluding hydrogens is 329 g/mol. The summed E-state index contributed by atoms with van der Waals surface area (Å²) < 4.78 is 20.2. The van der Waals surface area contributed by atoms with E-state index in [2.05, 4.69) is 0 Å². The fraction of sp³-hybridized carbons (Fsp3) is 0.273. The van der Waals surface area contributed by atoms with E-state index in [0.29, 0.717) is 22.2 Å². The minimum absolute atomic E-state index is 0.108. The average Bonchev–Trinajstić information content (AvgIpc) is 2.58. The minimum atomic E-state index is -0.506. The third-order valence-electron chi connectivity index (χ3n) is 5.75. The first-order valence-corrected chi connectivity index (χ1v) is 8.63. The highest BCUT2D eigenvalue weighted by atomic mass is 19.1. The highest BCUT2D eigenvalue weighted by Gasteiger charge is 2.45. The van der Waals surface area contributed by atoms with E-state index in [9.17, 15) is 9.18 Å². The summed E-state index contributed by atoms with van der Waals surface area (Å²) in [6.45, 7) is 8.06. The van der Waals surface area contributed by atoms with E-state index < -0.39 is 11.0 Å². The highest BCUT2D eigenvalue weighted by Crippen LogP contribution is 2.45. The lowest BCUT2D eigenvalue weighted by molar-refractivity contribution is 0.293. The van der Waals surface area contributed by atoms with Gasteiger partial charge in [0.15, 0.2) is 5.43 Å². The van der Waals surface area contributed by atoms with E-state index in [0.717, 1.165) is 11.1 Å². The zero-order valence-electron chi connectivity index (χ0n) is 15.3. The molecule has 4 rings (SSSR count). The van der Waals surface area contributed by atoms with Crippen molar-refractivity contribution >= 4 is 16.7 Å². The van der Waals surface area contributed by atoms with Crippen LogP contribution in [0.2, 0.25) is 0 Å². The van der Waals surface area contributed by atoms with Crippen LogP contribution in [0.1, 0.15) is 44.4 Å². The van der Waals surface area contributed by atoms with Crippen LogP contribution in [0.4, 0.5) is 4.39 Å². The van der Waals surface area contributed by atoms with Gasteiger partial charge in [-0.15, -0.1) is 0 Å². The van der Waals surface area contributed by atoms with Crippen molar-refractivity contribution in [2.24, 2.45) is 4.99 Å². The number of rotatable bonds is 1. The standard InChI is InChI=1S/C22H20FNO2/c1-21(2)19-14(6-5-7-16(19)23)20(24-22(21,3)4)13-8-9-18-15(12-13)17(25)10-11-26-18/h5-12H,1-4H3. The fourth-order valence-electron chi connectivity index (χ4n) is 3.59. The molecule has 0 bridgehead atoms. The largest absolute Gasteiger partial charge is 0.464 e. The lowest BCUT2D eigenvalue weighted by Gasteiger charge is -2.44. The molecule has 2 heterocycles. The number of hydrogen-bond acceptors (Lipinski definition) is 3. The number of halogens is 1. The van der Waals surface area contributed by atoms with E-state index in [1.807, 2.05) is 39.8 Å². The predicted octanol–water partition coefficient (Wildman–Crippen LogP) is 4.84. The van der Waals surface area contributed by atoms with Crippen LogP contribution in [0, 0.1) is 5.82 Å². The molecule has 0 aliphatic carbocycles. The first-order valence-electron chi connectivity index (χ1n) is 8.63. The zero-order chi connectivity index (χ0) is 18.7. The summed E-state index contributed by atoms with van der Waals surface area (Å²) in [5, 5.41) is 0.494. The Morgan fingerprint density at radius 2 is 1.81 bits per heavy atom. The van der Waals surface area contributed by atoms with Crippen molar-refractivity contribution in [1.29, 1.82) is 0 Å². The quantitative estimate of drug-likeness (QED) is 0.631. The van der Waals surface area contributed by atoms with Crippen molar-refractivity contribution in [3.8, 4) is 0 Å². The fourth-order valence-corrected chi connectivity index (χ4v) is 3.59. The number of nitrogens with zero attached hydrogens (tertiary/aromatic N) is 1. The number of hydrogen-bond donors (Lipinski definition) is 0. The van der Waals surface area contributed by atoms with Crippen molar-refractivity contribution in [3.05, 3.63) is 81.5 Å². The summed E-state index contributed by atoms with van der Waals surface area (Å²) in [4.78, 5) is 17.2. The SMILES string of the molecule is CC1(C)N=C(c2ccc3occc(=O)c3c2)c2cccc(F)c2C1(C)C. The molecule has 132 valence electrons. The molecule has 3 nitrogen and oxygen atoms in total. The monoisotopic (exact) mass is 349 g/mol. The molecule has 1 aromatic heterocycles. The summed E-state index contributed by atoms with van der Waals surface area (Å²) in [5.41, 5.74) is 2.37. The summed E-state index contributed by atoms with van der Waals surface area (Å²) in [5.74, 6) is -0.228. The second-order valence-corrected chi connectivity index (χ2v) is 7.80. The summed E-state index contributed by atoms with van der Waals surface area (Å²) in [6, 6.07) is 11.9. The normalized spacial score (nSPS) is 17.7. The van der Waals surface area contributed by atoms with Gasteiger partial charge in [0, 0.05) is 28.2 Å². The van der Waals surface area contributed by atoms with Crippen LogP contribution in [-0.4, -0.2) is 11.3 Å². The molecule has 0 saturated carbocycles. The molecule has 0 unspecified atom stereocenters. The van der Waals surface area contributed by atoms with Gasteiger partial charge in [-0.05, 0) is 38.1 Å². The number of fused-ring (bicyclic) bond motifs is 2. The molecule has 0 radical (unpaired) electrons. The number of aliphatic imine (C=N–C) groups is 1. The molecule has 2 aromatic carbocycles. The van der Waals surface area contributed by atoms with Crippen molar-refractivity contribution in [2.75, 3.05) is 0 Å². The number of benzene rings is 2. The summed E-state index contributed by atoms with van der Waals surface area (Å²) >= 11 is 0. The Labute approximate surface area is 151 Å². The molecule has 0 saturated heterocycles. The lowest BCUT2D eigenvalue weighted by Crippen LogP contribution is -2.46. The molecule has 1 aliphatic rings. The smallest absolute Gasteiger partial charge is 0.192 e. The van der Waals surface area contributed by atoms with Gasteiger partial charge in [-0.1, -0.05) is 26.0 Å². The lowest BCUT2D eigenvalue weighted by atomic mass is 9.65. The van der Waals surface area contributed by atoms with Crippen LogP contribution >= 0.6 is 0 Å². The molecule has 0 spiro atoms. The van der Waals surface area contributed by atoms with Gasteiger partial charge in [0.1, 0.15) is 11.4 Å². The molecule has 4 heteroatoms. The summed E-state index contributed by atoms with van der Waals surface area (Å²) in [6.07, 6.45) is 1.39. The Hall–Kier alpha value is -2.75. The van der Waals surface area contributed by atoms with Crippen LogP contribution in [0.25, 0.3) is 11.0 Å². The van der Waals surface area contributed by atoms with E-state index >= 15 is 0 Å². The maximum absolute atomic E-state index is 14.8. The molecule has 0 fully saturated rings. The van der Waals surface area contributed by atoms with E-state index in [1.54, 1.807) is 18.2 Å².